The summed E-state index contributed by atoms with van der Waals surface area (Å²) in [6.07, 6.45) is 8.04. The highest BCUT2D eigenvalue weighted by atomic mass is 32.2. The van der Waals surface area contributed by atoms with Gasteiger partial charge in [0, 0.05) is 11.2 Å². The molecule has 1 heteroatoms. The standard InChI is InChI=1S/C14H24S/c1-4-5-13-8-11(2)6-7-14(13)10-15-9-12(14)3/h5,11-12H,4,6-10H2,1-3H3. The summed E-state index contributed by atoms with van der Waals surface area (Å²) >= 11 is 2.18. The van der Waals surface area contributed by atoms with E-state index in [4.69, 9.17) is 0 Å². The first-order valence-electron chi connectivity index (χ1n) is 6.46. The lowest BCUT2D eigenvalue weighted by atomic mass is 9.63. The Morgan fingerprint density at radius 1 is 1.47 bits per heavy atom. The van der Waals surface area contributed by atoms with E-state index in [1.165, 1.54) is 37.2 Å². The smallest absolute Gasteiger partial charge is 0.00361 e. The second kappa shape index (κ2) is 4.53. The second-order valence-electron chi connectivity index (χ2n) is 5.56. The maximum Gasteiger partial charge on any atom is 0.00361 e. The third kappa shape index (κ3) is 2.00. The van der Waals surface area contributed by atoms with E-state index in [1.54, 1.807) is 5.57 Å². The van der Waals surface area contributed by atoms with Crippen LogP contribution in [0.5, 0.6) is 0 Å². The van der Waals surface area contributed by atoms with E-state index in [0.29, 0.717) is 5.41 Å². The number of thioether (sulfide) groups is 1. The number of rotatable bonds is 1. The van der Waals surface area contributed by atoms with Crippen LogP contribution in [0.4, 0.5) is 0 Å². The lowest BCUT2D eigenvalue weighted by Crippen LogP contribution is -2.34. The molecule has 0 N–H and O–H groups in total. The third-order valence-corrected chi connectivity index (χ3v) is 5.87. The molecule has 1 aliphatic heterocycles. The molecular formula is C14H24S. The molecule has 0 amide bonds. The minimum atomic E-state index is 0.604. The average molecular weight is 224 g/mol. The maximum atomic E-state index is 2.54. The molecule has 0 nitrogen and oxygen atoms in total. The van der Waals surface area contributed by atoms with Gasteiger partial charge < -0.3 is 0 Å². The minimum absolute atomic E-state index is 0.604. The monoisotopic (exact) mass is 224 g/mol. The van der Waals surface area contributed by atoms with Gasteiger partial charge in [0.15, 0.2) is 0 Å². The van der Waals surface area contributed by atoms with Gasteiger partial charge in [0.2, 0.25) is 0 Å². The fourth-order valence-electron chi connectivity index (χ4n) is 3.33. The molecule has 0 bridgehead atoms. The SMILES string of the molecule is CCC=C1CC(C)CCC12CSCC2C. The van der Waals surface area contributed by atoms with E-state index in [9.17, 15) is 0 Å². The first-order valence-corrected chi connectivity index (χ1v) is 7.61. The first kappa shape index (κ1) is 11.6. The summed E-state index contributed by atoms with van der Waals surface area (Å²) in [5.41, 5.74) is 2.41. The molecule has 1 spiro atoms. The Kier molecular flexibility index (Phi) is 3.49. The molecule has 1 heterocycles. The van der Waals surface area contributed by atoms with Crippen molar-refractivity contribution in [3.05, 3.63) is 11.6 Å². The largest absolute Gasteiger partial charge is 0.161 e. The third-order valence-electron chi connectivity index (χ3n) is 4.41. The van der Waals surface area contributed by atoms with Crippen molar-refractivity contribution in [3.63, 3.8) is 0 Å². The van der Waals surface area contributed by atoms with Gasteiger partial charge in [-0.1, -0.05) is 32.4 Å². The van der Waals surface area contributed by atoms with Crippen molar-refractivity contribution in [3.8, 4) is 0 Å². The molecule has 2 fully saturated rings. The summed E-state index contributed by atoms with van der Waals surface area (Å²) in [7, 11) is 0. The molecule has 86 valence electrons. The molecule has 2 rings (SSSR count). The topological polar surface area (TPSA) is 0 Å². The minimum Gasteiger partial charge on any atom is -0.161 e. The summed E-state index contributed by atoms with van der Waals surface area (Å²) in [6, 6.07) is 0. The second-order valence-corrected chi connectivity index (χ2v) is 6.59. The summed E-state index contributed by atoms with van der Waals surface area (Å²) in [5, 5.41) is 0. The molecule has 3 atom stereocenters. The van der Waals surface area contributed by atoms with Crippen LogP contribution in [0.15, 0.2) is 11.6 Å². The van der Waals surface area contributed by atoms with Crippen LogP contribution in [0.2, 0.25) is 0 Å². The molecule has 2 aliphatic rings. The van der Waals surface area contributed by atoms with E-state index in [1.807, 2.05) is 0 Å². The van der Waals surface area contributed by atoms with Gasteiger partial charge in [-0.2, -0.15) is 11.8 Å². The zero-order chi connectivity index (χ0) is 10.9. The predicted octanol–water partition coefficient (Wildman–Crippen LogP) is 4.51. The van der Waals surface area contributed by atoms with Crippen molar-refractivity contribution < 1.29 is 0 Å². The molecule has 0 radical (unpaired) electrons. The van der Waals surface area contributed by atoms with Crippen LogP contribution in [0.3, 0.4) is 0 Å². The van der Waals surface area contributed by atoms with E-state index in [0.717, 1.165) is 11.8 Å². The van der Waals surface area contributed by atoms with Crippen LogP contribution in [-0.2, 0) is 0 Å². The number of allylic oxidation sites excluding steroid dienone is 2. The molecule has 0 aromatic carbocycles. The molecule has 0 aromatic rings. The summed E-state index contributed by atoms with van der Waals surface area (Å²) < 4.78 is 0. The van der Waals surface area contributed by atoms with Crippen molar-refractivity contribution in [2.45, 2.75) is 46.5 Å². The lowest BCUT2D eigenvalue weighted by molar-refractivity contribution is 0.207. The fraction of sp³-hybridized carbons (Fsp3) is 0.857. The molecule has 15 heavy (non-hydrogen) atoms. The highest BCUT2D eigenvalue weighted by Crippen LogP contribution is 2.54. The number of hydrogen-bond acceptors (Lipinski definition) is 1. The van der Waals surface area contributed by atoms with Crippen molar-refractivity contribution in [1.29, 1.82) is 0 Å². The van der Waals surface area contributed by atoms with Crippen LogP contribution >= 0.6 is 11.8 Å². The average Bonchev–Trinajstić information content (AvgIpc) is 2.56. The molecule has 1 saturated carbocycles. The zero-order valence-electron chi connectivity index (χ0n) is 10.4. The molecule has 3 unspecified atom stereocenters. The Labute approximate surface area is 98.9 Å². The van der Waals surface area contributed by atoms with Gasteiger partial charge in [-0.15, -0.1) is 0 Å². The van der Waals surface area contributed by atoms with Crippen LogP contribution in [0.25, 0.3) is 0 Å². The normalized spacial score (nSPS) is 44.1. The Balaban J connectivity index is 2.25. The van der Waals surface area contributed by atoms with Crippen LogP contribution in [0.1, 0.15) is 46.5 Å². The van der Waals surface area contributed by atoms with Gasteiger partial charge in [-0.25, -0.2) is 0 Å². The van der Waals surface area contributed by atoms with Gasteiger partial charge in [0.1, 0.15) is 0 Å². The maximum absolute atomic E-state index is 2.54. The van der Waals surface area contributed by atoms with E-state index in [-0.39, 0.29) is 0 Å². The Morgan fingerprint density at radius 2 is 2.27 bits per heavy atom. The van der Waals surface area contributed by atoms with Crippen molar-refractivity contribution >= 4 is 11.8 Å². The molecule has 0 aromatic heterocycles. The van der Waals surface area contributed by atoms with Gasteiger partial charge in [0.05, 0.1) is 0 Å². The Morgan fingerprint density at radius 3 is 2.87 bits per heavy atom. The van der Waals surface area contributed by atoms with Gasteiger partial charge in [-0.05, 0) is 43.3 Å². The van der Waals surface area contributed by atoms with Gasteiger partial charge in [0.25, 0.3) is 0 Å². The fourth-order valence-corrected chi connectivity index (χ4v) is 5.09. The zero-order valence-corrected chi connectivity index (χ0v) is 11.2. The van der Waals surface area contributed by atoms with E-state index >= 15 is 0 Å². The number of hydrogen-bond donors (Lipinski definition) is 0. The summed E-state index contributed by atoms with van der Waals surface area (Å²) in [5.74, 6) is 4.61. The summed E-state index contributed by atoms with van der Waals surface area (Å²) in [6.45, 7) is 7.18. The van der Waals surface area contributed by atoms with Crippen molar-refractivity contribution in [1.82, 2.24) is 0 Å². The van der Waals surface area contributed by atoms with Crippen LogP contribution < -0.4 is 0 Å². The van der Waals surface area contributed by atoms with Gasteiger partial charge in [-0.3, -0.25) is 0 Å². The summed E-state index contributed by atoms with van der Waals surface area (Å²) in [4.78, 5) is 0. The van der Waals surface area contributed by atoms with Crippen molar-refractivity contribution in [2.75, 3.05) is 11.5 Å². The molecule has 1 saturated heterocycles. The quantitative estimate of drug-likeness (QED) is 0.590. The van der Waals surface area contributed by atoms with Crippen LogP contribution in [-0.4, -0.2) is 11.5 Å². The first-order chi connectivity index (χ1) is 7.19. The molecular weight excluding hydrogens is 200 g/mol. The Hall–Kier alpha value is 0.0900. The van der Waals surface area contributed by atoms with Gasteiger partial charge >= 0.3 is 0 Å². The van der Waals surface area contributed by atoms with E-state index < -0.39 is 0 Å². The van der Waals surface area contributed by atoms with E-state index in [2.05, 4.69) is 38.6 Å². The predicted molar refractivity (Wildman–Crippen MR) is 70.3 cm³/mol. The Bertz CT molecular complexity index is 256. The van der Waals surface area contributed by atoms with Crippen LogP contribution in [0, 0.1) is 17.3 Å². The highest BCUT2D eigenvalue weighted by Gasteiger charge is 2.45. The highest BCUT2D eigenvalue weighted by molar-refractivity contribution is 7.99. The van der Waals surface area contributed by atoms with Crippen molar-refractivity contribution in [2.24, 2.45) is 17.3 Å². The molecule has 1 aliphatic carbocycles. The lowest BCUT2D eigenvalue weighted by Gasteiger charge is -2.42.